The van der Waals surface area contributed by atoms with Gasteiger partial charge < -0.3 is 57.2 Å². The number of aliphatic hydroxyl groups excluding tert-OH is 1. The van der Waals surface area contributed by atoms with Crippen LogP contribution in [0.5, 0.6) is 46.0 Å². The SMILES string of the molecule is C=CCOc1c(C)c2c(c3c1CC1[C@H]4c5c(cc(C)c(C)c5OCOC)C[C@@H]([C@H](C#N)N1[C@H]3CO)N4C)OCO2.C=CCOc1c(C)c2c(c3c1CC1[C@H]4c5c(cc(C)c(C)c5OCOC)C[C@@H]([C@H](C#N)N1[C@H]3COC(=O)CCC)N4C)OCO2. The Hall–Kier alpha value is -7.07. The second-order valence-corrected chi connectivity index (χ2v) is 23.6. The Balaban J connectivity index is 0.000000178. The second kappa shape index (κ2) is 24.4. The zero-order valence-electron chi connectivity index (χ0n) is 50.9. The van der Waals surface area contributed by atoms with E-state index in [-0.39, 0.29) is 82.6 Å². The molecule has 4 bridgehead atoms. The minimum absolute atomic E-state index is 0.0566. The molecule has 10 atom stereocenters. The van der Waals surface area contributed by atoms with Gasteiger partial charge in [0.15, 0.2) is 36.6 Å². The molecule has 2 unspecified atom stereocenters. The molecule has 1 N–H and O–H groups in total. The van der Waals surface area contributed by atoms with Gasteiger partial charge in [-0.1, -0.05) is 44.4 Å². The van der Waals surface area contributed by atoms with E-state index in [1.165, 1.54) is 11.1 Å². The molecule has 0 radical (unpaired) electrons. The molecular formula is C66H80N6O13. The van der Waals surface area contributed by atoms with Gasteiger partial charge in [0.05, 0.1) is 42.9 Å². The molecule has 0 spiro atoms. The van der Waals surface area contributed by atoms with Crippen molar-refractivity contribution in [3.63, 3.8) is 0 Å². The Morgan fingerprint density at radius 2 is 1.06 bits per heavy atom. The number of likely N-dealkylation sites (N-methyl/N-ethyl adjacent to an activating group) is 2. The molecule has 0 saturated carbocycles. The molecule has 0 aromatic heterocycles. The van der Waals surface area contributed by atoms with E-state index < -0.39 is 24.2 Å². The lowest BCUT2D eigenvalue weighted by molar-refractivity contribution is -0.149. The third kappa shape index (κ3) is 9.71. The van der Waals surface area contributed by atoms with E-state index in [0.717, 1.165) is 89.8 Å². The molecule has 8 heterocycles. The van der Waals surface area contributed by atoms with E-state index in [2.05, 4.69) is 98.8 Å². The predicted molar refractivity (Wildman–Crippen MR) is 315 cm³/mol. The quantitative estimate of drug-likeness (QED) is 0.0598. The number of nitriles is 2. The molecule has 8 aliphatic rings. The van der Waals surface area contributed by atoms with Crippen molar-refractivity contribution in [1.29, 1.82) is 10.5 Å². The van der Waals surface area contributed by atoms with Gasteiger partial charge in [0.25, 0.3) is 0 Å². The number of esters is 1. The van der Waals surface area contributed by atoms with Crippen LogP contribution in [0.25, 0.3) is 0 Å². The van der Waals surface area contributed by atoms with Gasteiger partial charge in [-0.3, -0.25) is 24.4 Å². The van der Waals surface area contributed by atoms with Crippen LogP contribution in [0.15, 0.2) is 37.4 Å². The Kier molecular flexibility index (Phi) is 17.1. The molecule has 452 valence electrons. The molecule has 0 amide bonds. The highest BCUT2D eigenvalue weighted by atomic mass is 16.7. The maximum Gasteiger partial charge on any atom is 0.305 e. The van der Waals surface area contributed by atoms with Gasteiger partial charge in [0, 0.05) is 89.3 Å². The number of rotatable bonds is 17. The molecule has 85 heavy (non-hydrogen) atoms. The van der Waals surface area contributed by atoms with Gasteiger partial charge in [0.1, 0.15) is 54.9 Å². The standard InChI is InChI=1S/C35H43N3O7.C31H37N3O6/c1-8-10-28(39)42-16-27-30-23(32(41-11-9-2)21(5)34-35(30)45-18-44-34)14-25-31-29-22(12-19(3)20(4)33(29)43-17-40-7)13-24(37(31)6)26(15-36)38(25)27;1-7-8-37-28-18(4)30-31(40-15-39-30)26-20(28)11-22-27-25-19(9-16(2)17(3)29(25)38-14-36-6)10-21(33(27)5)23(12-32)34(22)24(26)13-35/h9,12,24-27,31H,2,8,10-11,13-14,16-18H2,1,3-7H3;7,9,21-24,27,35H,1,8,10-11,13-15H2,2-6H3/t24-,25?,26-,27-,31-;21-,22?,23-,24-,27-/m00/s1. The first-order chi connectivity index (χ1) is 41.1. The smallest absolute Gasteiger partial charge is 0.305 e. The van der Waals surface area contributed by atoms with Gasteiger partial charge in [0.2, 0.25) is 13.6 Å². The van der Waals surface area contributed by atoms with Crippen molar-refractivity contribution in [2.75, 3.05) is 81.9 Å². The average Bonchev–Trinajstić information content (AvgIpc) is 1.23. The van der Waals surface area contributed by atoms with Gasteiger partial charge in [-0.15, -0.1) is 0 Å². The number of ether oxygens (including phenoxy) is 11. The first-order valence-electron chi connectivity index (χ1n) is 29.6. The summed E-state index contributed by atoms with van der Waals surface area (Å²) in [6.45, 7) is 23.0. The number of aryl methyl sites for hydroxylation is 2. The second-order valence-electron chi connectivity index (χ2n) is 23.6. The summed E-state index contributed by atoms with van der Waals surface area (Å²) in [7, 11) is 7.47. The van der Waals surface area contributed by atoms with Crippen LogP contribution in [-0.2, 0) is 44.7 Å². The lowest BCUT2D eigenvalue weighted by Gasteiger charge is -2.60. The highest BCUT2D eigenvalue weighted by molar-refractivity contribution is 5.70. The molecule has 4 aromatic carbocycles. The molecule has 8 aliphatic heterocycles. The number of carbonyl (C=O) groups is 1. The summed E-state index contributed by atoms with van der Waals surface area (Å²) in [4.78, 5) is 22.0. The van der Waals surface area contributed by atoms with E-state index in [4.69, 9.17) is 52.1 Å². The topological polar surface area (TPSA) is 199 Å². The normalized spacial score (nSPS) is 25.4. The van der Waals surface area contributed by atoms with Crippen LogP contribution < -0.4 is 37.9 Å². The van der Waals surface area contributed by atoms with Crippen molar-refractivity contribution in [3.05, 3.63) is 115 Å². The molecular weight excluding hydrogens is 1080 g/mol. The maximum atomic E-state index is 12.8. The highest BCUT2D eigenvalue weighted by Gasteiger charge is 2.59. The lowest BCUT2D eigenvalue weighted by atomic mass is 9.71. The van der Waals surface area contributed by atoms with Crippen molar-refractivity contribution < 1.29 is 62.0 Å². The third-order valence-corrected chi connectivity index (χ3v) is 19.2. The molecule has 12 rings (SSSR count). The fourth-order valence-corrected chi connectivity index (χ4v) is 15.4. The fraction of sp³-hybridized carbons (Fsp3) is 0.530. The summed E-state index contributed by atoms with van der Waals surface area (Å²) >= 11 is 0. The number of fused-ring (bicyclic) bond motifs is 18. The minimum Gasteiger partial charge on any atom is -0.489 e. The van der Waals surface area contributed by atoms with Crippen molar-refractivity contribution >= 4 is 5.97 Å². The molecule has 4 aromatic rings. The highest BCUT2D eigenvalue weighted by Crippen LogP contribution is 2.60. The van der Waals surface area contributed by atoms with Crippen molar-refractivity contribution in [2.45, 2.75) is 147 Å². The summed E-state index contributed by atoms with van der Waals surface area (Å²) < 4.78 is 65.9. The van der Waals surface area contributed by atoms with Crippen LogP contribution in [-0.4, -0.2) is 149 Å². The van der Waals surface area contributed by atoms with Crippen molar-refractivity contribution in [2.24, 2.45) is 0 Å². The van der Waals surface area contributed by atoms with Gasteiger partial charge in [-0.2, -0.15) is 10.5 Å². The molecule has 2 fully saturated rings. The predicted octanol–water partition coefficient (Wildman–Crippen LogP) is 8.65. The van der Waals surface area contributed by atoms with Crippen LogP contribution in [0.2, 0.25) is 0 Å². The fourth-order valence-electron chi connectivity index (χ4n) is 15.4. The van der Waals surface area contributed by atoms with Crippen LogP contribution in [0.3, 0.4) is 0 Å². The molecule has 19 heteroatoms. The van der Waals surface area contributed by atoms with Gasteiger partial charge in [-0.25, -0.2) is 0 Å². The van der Waals surface area contributed by atoms with E-state index >= 15 is 0 Å². The van der Waals surface area contributed by atoms with E-state index in [0.29, 0.717) is 74.7 Å². The van der Waals surface area contributed by atoms with E-state index in [1.54, 1.807) is 26.4 Å². The van der Waals surface area contributed by atoms with Gasteiger partial charge >= 0.3 is 5.97 Å². The Labute approximate surface area is 499 Å². The zero-order valence-corrected chi connectivity index (χ0v) is 50.9. The molecule has 2 saturated heterocycles. The number of carbonyl (C=O) groups excluding carboxylic acids is 1. The summed E-state index contributed by atoms with van der Waals surface area (Å²) in [5, 5.41) is 32.4. The minimum atomic E-state index is -0.478. The number of nitrogens with zero attached hydrogens (tertiary/aromatic N) is 6. The van der Waals surface area contributed by atoms with E-state index in [1.807, 2.05) is 20.8 Å². The van der Waals surface area contributed by atoms with Crippen LogP contribution in [0.4, 0.5) is 0 Å². The zero-order chi connectivity index (χ0) is 60.3. The first kappa shape index (κ1) is 59.7. The number of benzene rings is 4. The van der Waals surface area contributed by atoms with Crippen LogP contribution in [0, 0.1) is 64.2 Å². The lowest BCUT2D eigenvalue weighted by Crippen LogP contribution is -2.68. The largest absolute Gasteiger partial charge is 0.489 e. The Bertz CT molecular complexity index is 3390. The molecule has 19 nitrogen and oxygen atoms in total. The first-order valence-corrected chi connectivity index (χ1v) is 29.6. The monoisotopic (exact) mass is 1160 g/mol. The maximum absolute atomic E-state index is 12.8. The Morgan fingerprint density at radius 1 is 0.624 bits per heavy atom. The van der Waals surface area contributed by atoms with Crippen LogP contribution >= 0.6 is 0 Å². The van der Waals surface area contributed by atoms with Crippen molar-refractivity contribution in [3.8, 4) is 58.1 Å². The Morgan fingerprint density at radius 3 is 1.47 bits per heavy atom. The summed E-state index contributed by atoms with van der Waals surface area (Å²) in [6, 6.07) is 7.32. The number of aliphatic hydroxyl groups is 1. The number of hydrogen-bond donors (Lipinski definition) is 1. The average molecular weight is 1170 g/mol. The van der Waals surface area contributed by atoms with Gasteiger partial charge in [-0.05, 0) is 121 Å². The summed E-state index contributed by atoms with van der Waals surface area (Å²) in [5.41, 5.74) is 14.5. The third-order valence-electron chi connectivity index (χ3n) is 19.2. The number of hydrogen-bond acceptors (Lipinski definition) is 19. The summed E-state index contributed by atoms with van der Waals surface area (Å²) in [5.74, 6) is 5.44. The number of methoxy groups -OCH3 is 2. The molecule has 0 aliphatic carbocycles. The van der Waals surface area contributed by atoms with E-state index in [9.17, 15) is 20.4 Å². The van der Waals surface area contributed by atoms with Crippen LogP contribution in [0.1, 0.15) is 122 Å². The number of piperazine rings is 2. The summed E-state index contributed by atoms with van der Waals surface area (Å²) in [6.07, 6.45) is 7.03. The van der Waals surface area contributed by atoms with Crippen molar-refractivity contribution in [1.82, 2.24) is 19.6 Å².